The van der Waals surface area contributed by atoms with Gasteiger partial charge in [-0.3, -0.25) is 14.4 Å². The summed E-state index contributed by atoms with van der Waals surface area (Å²) in [6.07, 6.45) is 6.97. The van der Waals surface area contributed by atoms with Gasteiger partial charge in [0.2, 0.25) is 17.7 Å². The smallest absolute Gasteiger partial charge is 0.328 e. The molecule has 0 spiro atoms. The number of aromatic amines is 2. The van der Waals surface area contributed by atoms with Crippen molar-refractivity contribution < 1.29 is 29.4 Å². The summed E-state index contributed by atoms with van der Waals surface area (Å²) in [5.74, 6) is -2.77. The van der Waals surface area contributed by atoms with Crippen LogP contribution in [0.15, 0.2) is 43.0 Å². The SMILES string of the molecule is CSCCC(N)C(=O)NC(Cc1c[nH]c2ccccc12)C(=O)NC(Cc1cnc[nH]1)C(=O)NC(CO)C(=O)O. The van der Waals surface area contributed by atoms with Gasteiger partial charge in [-0.25, -0.2) is 9.78 Å². The zero-order valence-electron chi connectivity index (χ0n) is 21.3. The molecular weight excluding hydrogens is 526 g/mol. The Morgan fingerprint density at radius 1 is 1.00 bits per heavy atom. The second kappa shape index (κ2) is 14.3. The van der Waals surface area contributed by atoms with Crippen molar-refractivity contribution in [1.82, 2.24) is 30.9 Å². The van der Waals surface area contributed by atoms with Crippen molar-refractivity contribution >= 4 is 46.4 Å². The Kier molecular flexibility index (Phi) is 10.9. The maximum atomic E-state index is 13.6. The Labute approximate surface area is 228 Å². The molecule has 3 amide bonds. The van der Waals surface area contributed by atoms with Crippen molar-refractivity contribution in [3.63, 3.8) is 0 Å². The van der Waals surface area contributed by atoms with Crippen LogP contribution in [-0.4, -0.2) is 91.6 Å². The van der Waals surface area contributed by atoms with E-state index < -0.39 is 54.5 Å². The molecule has 0 aliphatic heterocycles. The zero-order valence-corrected chi connectivity index (χ0v) is 22.2. The first-order valence-corrected chi connectivity index (χ1v) is 13.6. The maximum absolute atomic E-state index is 13.6. The molecule has 2 heterocycles. The van der Waals surface area contributed by atoms with Gasteiger partial charge in [0.25, 0.3) is 0 Å². The van der Waals surface area contributed by atoms with E-state index in [1.165, 1.54) is 12.5 Å². The molecule has 1 aromatic carbocycles. The van der Waals surface area contributed by atoms with Gasteiger partial charge in [-0.05, 0) is 30.1 Å². The van der Waals surface area contributed by atoms with Crippen LogP contribution < -0.4 is 21.7 Å². The number of aliphatic carboxylic acids is 1. The molecule has 210 valence electrons. The normalized spacial score (nSPS) is 14.2. The van der Waals surface area contributed by atoms with E-state index >= 15 is 0 Å². The van der Waals surface area contributed by atoms with Crippen LogP contribution in [0.3, 0.4) is 0 Å². The van der Waals surface area contributed by atoms with Crippen molar-refractivity contribution in [3.8, 4) is 0 Å². The van der Waals surface area contributed by atoms with E-state index in [4.69, 9.17) is 5.73 Å². The molecule has 39 heavy (non-hydrogen) atoms. The fraction of sp³-hybridized carbons (Fsp3) is 0.400. The predicted octanol–water partition coefficient (Wildman–Crippen LogP) is -0.712. The maximum Gasteiger partial charge on any atom is 0.328 e. The van der Waals surface area contributed by atoms with E-state index in [1.54, 1.807) is 18.0 Å². The van der Waals surface area contributed by atoms with Gasteiger partial charge in [-0.15, -0.1) is 0 Å². The second-order valence-electron chi connectivity index (χ2n) is 8.94. The van der Waals surface area contributed by atoms with Crippen LogP contribution in [0.2, 0.25) is 0 Å². The van der Waals surface area contributed by atoms with Crippen LogP contribution in [0.25, 0.3) is 10.9 Å². The van der Waals surface area contributed by atoms with Gasteiger partial charge < -0.3 is 41.9 Å². The van der Waals surface area contributed by atoms with Gasteiger partial charge in [0.05, 0.1) is 19.0 Å². The quantitative estimate of drug-likeness (QED) is 0.118. The number of carbonyl (C=O) groups is 4. The second-order valence-corrected chi connectivity index (χ2v) is 9.92. The number of carbonyl (C=O) groups excluding carboxylic acids is 3. The van der Waals surface area contributed by atoms with Gasteiger partial charge >= 0.3 is 5.97 Å². The third-order valence-corrected chi connectivity index (χ3v) is 6.75. The van der Waals surface area contributed by atoms with Gasteiger partial charge in [0.15, 0.2) is 0 Å². The Bertz CT molecular complexity index is 1260. The fourth-order valence-electron chi connectivity index (χ4n) is 3.94. The summed E-state index contributed by atoms with van der Waals surface area (Å²) in [6, 6.07) is 2.77. The third-order valence-electron chi connectivity index (χ3n) is 6.11. The summed E-state index contributed by atoms with van der Waals surface area (Å²) in [4.78, 5) is 60.6. The number of nitrogens with two attached hydrogens (primary N) is 1. The van der Waals surface area contributed by atoms with Crippen molar-refractivity contribution in [2.75, 3.05) is 18.6 Å². The molecule has 4 unspecified atom stereocenters. The largest absolute Gasteiger partial charge is 0.480 e. The lowest BCUT2D eigenvalue weighted by molar-refractivity contribution is -0.143. The Morgan fingerprint density at radius 2 is 1.67 bits per heavy atom. The third kappa shape index (κ3) is 8.30. The standard InChI is InChI=1S/C25H33N7O6S/c1-39-7-6-17(26)22(34)30-19(8-14-10-28-18-5-3-2-4-16(14)18)23(35)31-20(9-15-11-27-13-29-15)24(36)32-21(12-33)25(37)38/h2-5,10-11,13,17,19-21,28,33H,6-9,12,26H2,1H3,(H,27,29)(H,30,34)(H,31,35)(H,32,36)(H,37,38). The van der Waals surface area contributed by atoms with Crippen molar-refractivity contribution in [2.24, 2.45) is 5.73 Å². The zero-order chi connectivity index (χ0) is 28.4. The van der Waals surface area contributed by atoms with Gasteiger partial charge in [-0.1, -0.05) is 18.2 Å². The average Bonchev–Trinajstić information content (AvgIpc) is 3.59. The highest BCUT2D eigenvalue weighted by Gasteiger charge is 2.31. The van der Waals surface area contributed by atoms with Gasteiger partial charge in [0, 0.05) is 41.8 Å². The topological polar surface area (TPSA) is 215 Å². The number of hydrogen-bond acceptors (Lipinski definition) is 8. The van der Waals surface area contributed by atoms with E-state index in [1.807, 2.05) is 30.5 Å². The number of thioether (sulfide) groups is 1. The number of aliphatic hydroxyl groups excluding tert-OH is 1. The summed E-state index contributed by atoms with van der Waals surface area (Å²) in [7, 11) is 0. The number of nitrogens with one attached hydrogen (secondary N) is 5. The number of aromatic nitrogens is 3. The molecule has 9 N–H and O–H groups in total. The van der Waals surface area contributed by atoms with E-state index in [0.717, 1.165) is 16.5 Å². The number of imidazole rings is 1. The van der Waals surface area contributed by atoms with Crippen LogP contribution in [0, 0.1) is 0 Å². The van der Waals surface area contributed by atoms with Crippen LogP contribution >= 0.6 is 11.8 Å². The number of rotatable bonds is 15. The number of carboxylic acids is 1. The molecule has 4 atom stereocenters. The minimum atomic E-state index is -1.56. The van der Waals surface area contributed by atoms with Crippen molar-refractivity contribution in [2.45, 2.75) is 43.4 Å². The number of hydrogen-bond donors (Lipinski definition) is 8. The lowest BCUT2D eigenvalue weighted by Gasteiger charge is -2.25. The van der Waals surface area contributed by atoms with Crippen LogP contribution in [0.4, 0.5) is 0 Å². The van der Waals surface area contributed by atoms with Gasteiger partial charge in [-0.2, -0.15) is 11.8 Å². The molecule has 0 aliphatic carbocycles. The molecule has 14 heteroatoms. The first-order valence-electron chi connectivity index (χ1n) is 12.2. The number of nitrogens with zero attached hydrogens (tertiary/aromatic N) is 1. The number of fused-ring (bicyclic) bond motifs is 1. The number of aliphatic hydroxyl groups is 1. The van der Waals surface area contributed by atoms with E-state index in [0.29, 0.717) is 17.9 Å². The highest BCUT2D eigenvalue weighted by molar-refractivity contribution is 7.98. The number of para-hydroxylation sites is 1. The highest BCUT2D eigenvalue weighted by atomic mass is 32.2. The molecule has 3 rings (SSSR count). The monoisotopic (exact) mass is 559 g/mol. The predicted molar refractivity (Wildman–Crippen MR) is 146 cm³/mol. The molecule has 0 bridgehead atoms. The molecule has 3 aromatic rings. The van der Waals surface area contributed by atoms with Crippen LogP contribution in [-0.2, 0) is 32.0 Å². The van der Waals surface area contributed by atoms with Crippen LogP contribution in [0.1, 0.15) is 17.7 Å². The molecule has 0 saturated carbocycles. The molecule has 0 saturated heterocycles. The highest BCUT2D eigenvalue weighted by Crippen LogP contribution is 2.19. The summed E-state index contributed by atoms with van der Waals surface area (Å²) in [6.45, 7) is -0.834. The summed E-state index contributed by atoms with van der Waals surface area (Å²) < 4.78 is 0. The number of H-pyrrole nitrogens is 2. The number of benzene rings is 1. The van der Waals surface area contributed by atoms with Crippen LogP contribution in [0.5, 0.6) is 0 Å². The van der Waals surface area contributed by atoms with E-state index in [9.17, 15) is 29.4 Å². The molecule has 0 aliphatic rings. The number of amides is 3. The van der Waals surface area contributed by atoms with E-state index in [2.05, 4.69) is 30.9 Å². The summed E-state index contributed by atoms with van der Waals surface area (Å²) >= 11 is 1.54. The molecular formula is C25H33N7O6S. The molecule has 0 fully saturated rings. The first kappa shape index (κ1) is 29.7. The Balaban J connectivity index is 1.85. The number of carboxylic acid groups (broad SMARTS) is 1. The minimum Gasteiger partial charge on any atom is -0.480 e. The van der Waals surface area contributed by atoms with E-state index in [-0.39, 0.29) is 12.8 Å². The lowest BCUT2D eigenvalue weighted by Crippen LogP contribution is -2.58. The van der Waals surface area contributed by atoms with Gasteiger partial charge in [0.1, 0.15) is 18.1 Å². The summed E-state index contributed by atoms with van der Waals surface area (Å²) in [5, 5.41) is 27.0. The Morgan fingerprint density at radius 3 is 2.31 bits per heavy atom. The lowest BCUT2D eigenvalue weighted by atomic mass is 10.0. The first-order chi connectivity index (χ1) is 18.7. The molecule has 0 radical (unpaired) electrons. The summed E-state index contributed by atoms with van der Waals surface area (Å²) in [5.41, 5.74) is 8.16. The van der Waals surface area contributed by atoms with Crippen molar-refractivity contribution in [3.05, 3.63) is 54.2 Å². The average molecular weight is 560 g/mol. The Hall–Kier alpha value is -3.88. The minimum absolute atomic E-state index is 0.0453. The van der Waals surface area contributed by atoms with Crippen molar-refractivity contribution in [1.29, 1.82) is 0 Å². The molecule has 2 aromatic heterocycles. The molecule has 13 nitrogen and oxygen atoms in total. The fourth-order valence-corrected chi connectivity index (χ4v) is 4.43.